The predicted molar refractivity (Wildman–Crippen MR) is 118 cm³/mol. The minimum atomic E-state index is -4.38. The number of carbonyl (C=O) groups excluding carboxylic acids is 1. The fourth-order valence-electron chi connectivity index (χ4n) is 4.17. The Hall–Kier alpha value is -3.55. The molecule has 0 fully saturated rings. The lowest BCUT2D eigenvalue weighted by molar-refractivity contribution is -0.137. The van der Waals surface area contributed by atoms with Gasteiger partial charge in [-0.3, -0.25) is 4.79 Å². The zero-order valence-electron chi connectivity index (χ0n) is 18.3. The Morgan fingerprint density at radius 3 is 2.45 bits per heavy atom. The second-order valence-electron chi connectivity index (χ2n) is 8.04. The largest absolute Gasteiger partial charge is 0.484 e. The quantitative estimate of drug-likeness (QED) is 0.525. The van der Waals surface area contributed by atoms with Gasteiger partial charge < -0.3 is 10.1 Å². The van der Waals surface area contributed by atoms with Gasteiger partial charge in [0, 0.05) is 23.2 Å². The third-order valence-electron chi connectivity index (χ3n) is 5.70. The number of benzene rings is 2. The first-order valence-corrected chi connectivity index (χ1v) is 10.6. The highest BCUT2D eigenvalue weighted by atomic mass is 19.4. The third kappa shape index (κ3) is 5.10. The van der Waals surface area contributed by atoms with Crippen LogP contribution in [-0.2, 0) is 11.0 Å². The molecule has 1 amide bonds. The molecular weight excluding hydrogens is 431 g/mol. The topological polar surface area (TPSA) is 56.2 Å². The first-order valence-electron chi connectivity index (χ1n) is 10.6. The van der Waals surface area contributed by atoms with Crippen LogP contribution in [0.5, 0.6) is 5.75 Å². The molecule has 172 valence electrons. The van der Waals surface area contributed by atoms with Crippen LogP contribution in [0.15, 0.2) is 66.7 Å². The van der Waals surface area contributed by atoms with E-state index in [1.165, 1.54) is 12.1 Å². The van der Waals surface area contributed by atoms with Crippen molar-refractivity contribution in [2.45, 2.75) is 38.4 Å². The number of hydrogen-bond donors (Lipinski definition) is 1. The van der Waals surface area contributed by atoms with Gasteiger partial charge in [-0.1, -0.05) is 30.4 Å². The molecule has 3 aromatic rings. The van der Waals surface area contributed by atoms with Gasteiger partial charge in [0.1, 0.15) is 5.75 Å². The van der Waals surface area contributed by atoms with Crippen LogP contribution in [0.3, 0.4) is 0 Å². The Morgan fingerprint density at radius 2 is 1.79 bits per heavy atom. The molecule has 1 aliphatic rings. The summed E-state index contributed by atoms with van der Waals surface area (Å²) in [6, 6.07) is 14.0. The molecule has 0 radical (unpaired) electrons. The Kier molecular flexibility index (Phi) is 6.26. The van der Waals surface area contributed by atoms with E-state index in [1.807, 2.05) is 44.2 Å². The number of nitrogens with zero attached hydrogens (tertiary/aromatic N) is 2. The lowest BCUT2D eigenvalue weighted by Crippen LogP contribution is -2.36. The molecule has 0 saturated heterocycles. The molecule has 1 N–H and O–H groups in total. The smallest absolute Gasteiger partial charge is 0.416 e. The van der Waals surface area contributed by atoms with Crippen LogP contribution < -0.4 is 10.1 Å². The van der Waals surface area contributed by atoms with Gasteiger partial charge >= 0.3 is 6.18 Å². The average Bonchev–Trinajstić information content (AvgIpc) is 3.35. The number of amides is 1. The number of halogens is 3. The van der Waals surface area contributed by atoms with Gasteiger partial charge in [0.05, 0.1) is 16.9 Å². The molecule has 2 unspecified atom stereocenters. The van der Waals surface area contributed by atoms with E-state index in [0.29, 0.717) is 17.9 Å². The van der Waals surface area contributed by atoms with Crippen molar-refractivity contribution in [2.24, 2.45) is 0 Å². The lowest BCUT2D eigenvalue weighted by Gasteiger charge is -2.15. The van der Waals surface area contributed by atoms with Crippen LogP contribution in [0, 0.1) is 13.8 Å². The van der Waals surface area contributed by atoms with E-state index in [4.69, 9.17) is 4.74 Å². The number of aromatic nitrogens is 2. The van der Waals surface area contributed by atoms with Crippen LogP contribution in [-0.4, -0.2) is 28.3 Å². The van der Waals surface area contributed by atoms with Crippen molar-refractivity contribution in [3.63, 3.8) is 0 Å². The summed E-state index contributed by atoms with van der Waals surface area (Å²) >= 11 is 0. The molecule has 0 aliphatic heterocycles. The van der Waals surface area contributed by atoms with Crippen molar-refractivity contribution in [1.82, 2.24) is 15.1 Å². The highest BCUT2D eigenvalue weighted by Crippen LogP contribution is 2.34. The van der Waals surface area contributed by atoms with E-state index in [1.54, 1.807) is 16.8 Å². The monoisotopic (exact) mass is 455 g/mol. The fourth-order valence-corrected chi connectivity index (χ4v) is 4.17. The minimum Gasteiger partial charge on any atom is -0.484 e. The zero-order valence-corrected chi connectivity index (χ0v) is 18.3. The highest BCUT2D eigenvalue weighted by Gasteiger charge is 2.30. The van der Waals surface area contributed by atoms with Crippen molar-refractivity contribution in [3.05, 3.63) is 89.3 Å². The van der Waals surface area contributed by atoms with E-state index in [9.17, 15) is 18.0 Å². The SMILES string of the molecule is Cc1nn(-c2ccc(C(F)(F)F)cc2)c(C)c1C1C=CC(NC(=O)COc2ccccc2)C1. The molecule has 1 aromatic heterocycles. The standard InChI is InChI=1S/C25H24F3N3O2/c1-16-24(17(2)31(30-16)21-12-9-19(10-13-21)25(26,27)28)18-8-11-20(14-18)29-23(32)15-33-22-6-4-3-5-7-22/h3-13,18,20H,14-15H2,1-2H3,(H,29,32). The molecule has 1 aliphatic carbocycles. The summed E-state index contributed by atoms with van der Waals surface area (Å²) in [6.07, 6.45) is 0.299. The van der Waals surface area contributed by atoms with Gasteiger partial charge in [0.2, 0.25) is 0 Å². The highest BCUT2D eigenvalue weighted by molar-refractivity contribution is 5.78. The predicted octanol–water partition coefficient (Wildman–Crippen LogP) is 5.12. The maximum atomic E-state index is 12.9. The first kappa shape index (κ1) is 22.6. The van der Waals surface area contributed by atoms with Crippen molar-refractivity contribution in [3.8, 4) is 11.4 Å². The van der Waals surface area contributed by atoms with Gasteiger partial charge in [0.25, 0.3) is 5.91 Å². The molecule has 33 heavy (non-hydrogen) atoms. The zero-order chi connectivity index (χ0) is 23.6. The molecule has 8 heteroatoms. The molecule has 0 spiro atoms. The molecule has 2 atom stereocenters. The van der Waals surface area contributed by atoms with Crippen LogP contribution in [0.4, 0.5) is 13.2 Å². The average molecular weight is 455 g/mol. The Labute approximate surface area is 189 Å². The number of nitrogens with one attached hydrogen (secondary N) is 1. The van der Waals surface area contributed by atoms with E-state index < -0.39 is 11.7 Å². The van der Waals surface area contributed by atoms with Gasteiger partial charge in [-0.05, 0) is 56.7 Å². The molecule has 2 aromatic carbocycles. The number of aryl methyl sites for hydroxylation is 1. The van der Waals surface area contributed by atoms with Gasteiger partial charge in [-0.2, -0.15) is 18.3 Å². The van der Waals surface area contributed by atoms with Crippen molar-refractivity contribution in [2.75, 3.05) is 6.61 Å². The molecule has 1 heterocycles. The van der Waals surface area contributed by atoms with E-state index in [-0.39, 0.29) is 24.5 Å². The van der Waals surface area contributed by atoms with Crippen LogP contribution in [0.25, 0.3) is 5.69 Å². The Balaban J connectivity index is 1.41. The summed E-state index contributed by atoms with van der Waals surface area (Å²) in [5.74, 6) is 0.478. The summed E-state index contributed by atoms with van der Waals surface area (Å²) in [6.45, 7) is 3.72. The van der Waals surface area contributed by atoms with Gasteiger partial charge in [-0.15, -0.1) is 0 Å². The molecule has 5 nitrogen and oxygen atoms in total. The van der Waals surface area contributed by atoms with E-state index >= 15 is 0 Å². The van der Waals surface area contributed by atoms with Gasteiger partial charge in [0.15, 0.2) is 6.61 Å². The summed E-state index contributed by atoms with van der Waals surface area (Å²) < 4.78 is 45.8. The van der Waals surface area contributed by atoms with E-state index in [2.05, 4.69) is 10.4 Å². The Bertz CT molecular complexity index is 1150. The second-order valence-corrected chi connectivity index (χ2v) is 8.04. The van der Waals surface area contributed by atoms with Crippen molar-refractivity contribution >= 4 is 5.91 Å². The number of rotatable bonds is 6. The summed E-state index contributed by atoms with van der Waals surface area (Å²) in [7, 11) is 0. The summed E-state index contributed by atoms with van der Waals surface area (Å²) in [4.78, 5) is 12.3. The number of carbonyl (C=O) groups is 1. The number of para-hydroxylation sites is 1. The summed E-state index contributed by atoms with van der Waals surface area (Å²) in [5, 5.41) is 7.52. The van der Waals surface area contributed by atoms with Crippen molar-refractivity contribution < 1.29 is 22.7 Å². The fraction of sp³-hybridized carbons (Fsp3) is 0.280. The first-order chi connectivity index (χ1) is 15.7. The molecule has 0 bridgehead atoms. The van der Waals surface area contributed by atoms with Crippen LogP contribution >= 0.6 is 0 Å². The number of allylic oxidation sites excluding steroid dienone is 1. The Morgan fingerprint density at radius 1 is 1.09 bits per heavy atom. The van der Waals surface area contributed by atoms with E-state index in [0.717, 1.165) is 29.1 Å². The normalized spacial score (nSPS) is 17.8. The number of ether oxygens (including phenoxy) is 1. The molecule has 0 saturated carbocycles. The molecule has 4 rings (SSSR count). The third-order valence-corrected chi connectivity index (χ3v) is 5.70. The minimum absolute atomic E-state index is 0.0496. The summed E-state index contributed by atoms with van der Waals surface area (Å²) in [5.41, 5.74) is 2.56. The van der Waals surface area contributed by atoms with Crippen LogP contribution in [0.2, 0.25) is 0 Å². The second kappa shape index (κ2) is 9.13. The molecular formula is C25H24F3N3O2. The lowest BCUT2D eigenvalue weighted by atomic mass is 9.96. The maximum Gasteiger partial charge on any atom is 0.416 e. The van der Waals surface area contributed by atoms with Crippen molar-refractivity contribution in [1.29, 1.82) is 0 Å². The maximum absolute atomic E-state index is 12.9. The van der Waals surface area contributed by atoms with Gasteiger partial charge in [-0.25, -0.2) is 4.68 Å². The number of hydrogen-bond acceptors (Lipinski definition) is 3. The number of alkyl halides is 3. The van der Waals surface area contributed by atoms with Crippen LogP contribution in [0.1, 0.15) is 34.9 Å².